The van der Waals surface area contributed by atoms with Crippen LogP contribution in [0.15, 0.2) is 29.3 Å². The number of methoxy groups -OCH3 is 1. The maximum absolute atomic E-state index is 12.5. The molecule has 1 unspecified atom stereocenters. The van der Waals surface area contributed by atoms with Crippen LogP contribution in [0.5, 0.6) is 5.75 Å². The van der Waals surface area contributed by atoms with E-state index in [9.17, 15) is 9.59 Å². The van der Waals surface area contributed by atoms with E-state index in [0.29, 0.717) is 29.7 Å². The van der Waals surface area contributed by atoms with Crippen LogP contribution in [0.3, 0.4) is 0 Å². The highest BCUT2D eigenvalue weighted by atomic mass is 16.5. The van der Waals surface area contributed by atoms with Crippen molar-refractivity contribution in [1.29, 1.82) is 0 Å². The Balaban J connectivity index is 1.89. The Kier molecular flexibility index (Phi) is 3.81. The van der Waals surface area contributed by atoms with E-state index >= 15 is 0 Å². The van der Waals surface area contributed by atoms with Gasteiger partial charge in [-0.2, -0.15) is 0 Å². The molecule has 116 valence electrons. The van der Waals surface area contributed by atoms with E-state index in [1.54, 1.807) is 37.3 Å². The quantitative estimate of drug-likeness (QED) is 0.813. The molecule has 0 saturated carbocycles. The number of hydrogen-bond acceptors (Lipinski definition) is 5. The number of morpholine rings is 1. The first-order chi connectivity index (χ1) is 10.6. The molecule has 1 aliphatic rings. The smallest absolute Gasteiger partial charge is 0.261 e. The Morgan fingerprint density at radius 3 is 2.95 bits per heavy atom. The van der Waals surface area contributed by atoms with Crippen LogP contribution in [0, 0.1) is 0 Å². The van der Waals surface area contributed by atoms with Gasteiger partial charge in [-0.05, 0) is 18.2 Å². The highest BCUT2D eigenvalue weighted by Crippen LogP contribution is 2.16. The first-order valence-corrected chi connectivity index (χ1v) is 6.97. The first kappa shape index (κ1) is 14.5. The standard InChI is InChI=1S/C15H17N3O4/c1-17-6-11(22-8-14(17)19)7-18-9-16-13-4-3-10(21-2)5-12(13)15(18)20/h3-5,9,11H,6-8H2,1-2H3. The van der Waals surface area contributed by atoms with E-state index < -0.39 is 0 Å². The summed E-state index contributed by atoms with van der Waals surface area (Å²) < 4.78 is 12.1. The van der Waals surface area contributed by atoms with E-state index in [4.69, 9.17) is 9.47 Å². The number of rotatable bonds is 3. The van der Waals surface area contributed by atoms with Crippen LogP contribution in [0.1, 0.15) is 0 Å². The molecule has 0 radical (unpaired) electrons. The normalized spacial score (nSPS) is 18.7. The summed E-state index contributed by atoms with van der Waals surface area (Å²) in [7, 11) is 3.28. The van der Waals surface area contributed by atoms with Crippen molar-refractivity contribution in [3.05, 3.63) is 34.9 Å². The molecule has 1 aliphatic heterocycles. The molecular formula is C15H17N3O4. The van der Waals surface area contributed by atoms with Crippen LogP contribution in [-0.4, -0.2) is 53.8 Å². The summed E-state index contributed by atoms with van der Waals surface area (Å²) in [4.78, 5) is 29.9. The molecule has 1 atom stereocenters. The molecule has 3 rings (SSSR count). The van der Waals surface area contributed by atoms with Gasteiger partial charge in [0.1, 0.15) is 12.4 Å². The number of likely N-dealkylation sites (N-methyl/N-ethyl adjacent to an activating group) is 1. The minimum Gasteiger partial charge on any atom is -0.497 e. The largest absolute Gasteiger partial charge is 0.497 e. The molecule has 1 aromatic carbocycles. The van der Waals surface area contributed by atoms with Gasteiger partial charge in [-0.1, -0.05) is 0 Å². The summed E-state index contributed by atoms with van der Waals surface area (Å²) >= 11 is 0. The molecule has 0 N–H and O–H groups in total. The minimum atomic E-state index is -0.217. The number of fused-ring (bicyclic) bond motifs is 1. The monoisotopic (exact) mass is 303 g/mol. The molecule has 7 nitrogen and oxygen atoms in total. The zero-order chi connectivity index (χ0) is 15.7. The second kappa shape index (κ2) is 5.76. The van der Waals surface area contributed by atoms with Crippen molar-refractivity contribution in [3.63, 3.8) is 0 Å². The lowest BCUT2D eigenvalue weighted by Crippen LogP contribution is -2.46. The molecule has 7 heteroatoms. The fourth-order valence-corrected chi connectivity index (χ4v) is 2.48. The van der Waals surface area contributed by atoms with Gasteiger partial charge in [-0.25, -0.2) is 4.98 Å². The van der Waals surface area contributed by atoms with Crippen LogP contribution < -0.4 is 10.3 Å². The summed E-state index contributed by atoms with van der Waals surface area (Å²) in [6.45, 7) is 0.864. The van der Waals surface area contributed by atoms with Gasteiger partial charge in [0.05, 0.1) is 37.0 Å². The second-order valence-electron chi connectivity index (χ2n) is 5.29. The molecule has 22 heavy (non-hydrogen) atoms. The molecule has 0 spiro atoms. The number of carbonyl (C=O) groups excluding carboxylic acids is 1. The third kappa shape index (κ3) is 2.67. The van der Waals surface area contributed by atoms with Crippen molar-refractivity contribution in [2.75, 3.05) is 27.3 Å². The SMILES string of the molecule is COc1ccc2ncn(CC3CN(C)C(=O)CO3)c(=O)c2c1. The lowest BCUT2D eigenvalue weighted by atomic mass is 10.2. The van der Waals surface area contributed by atoms with Crippen molar-refractivity contribution in [2.24, 2.45) is 0 Å². The number of ether oxygens (including phenoxy) is 2. The number of carbonyl (C=O) groups is 1. The number of hydrogen-bond donors (Lipinski definition) is 0. The maximum atomic E-state index is 12.5. The van der Waals surface area contributed by atoms with Gasteiger partial charge in [0, 0.05) is 13.6 Å². The molecule has 0 bridgehead atoms. The van der Waals surface area contributed by atoms with Crippen molar-refractivity contribution < 1.29 is 14.3 Å². The predicted octanol–water partition coefficient (Wildman–Crippen LogP) is 0.262. The lowest BCUT2D eigenvalue weighted by Gasteiger charge is -2.30. The zero-order valence-corrected chi connectivity index (χ0v) is 12.5. The van der Waals surface area contributed by atoms with Gasteiger partial charge >= 0.3 is 0 Å². The number of benzene rings is 1. The summed E-state index contributed by atoms with van der Waals surface area (Å²) in [5.74, 6) is 0.563. The van der Waals surface area contributed by atoms with Gasteiger partial charge in [0.25, 0.3) is 5.56 Å². The highest BCUT2D eigenvalue weighted by molar-refractivity contribution is 5.79. The van der Waals surface area contributed by atoms with Crippen LogP contribution in [-0.2, 0) is 16.1 Å². The van der Waals surface area contributed by atoms with Crippen LogP contribution >= 0.6 is 0 Å². The van der Waals surface area contributed by atoms with Crippen LogP contribution in [0.25, 0.3) is 10.9 Å². The van der Waals surface area contributed by atoms with Gasteiger partial charge in [-0.3, -0.25) is 14.2 Å². The number of amides is 1. The third-order valence-corrected chi connectivity index (χ3v) is 3.78. The average Bonchev–Trinajstić information content (AvgIpc) is 2.53. The molecular weight excluding hydrogens is 286 g/mol. The number of nitrogens with zero attached hydrogens (tertiary/aromatic N) is 3. The molecule has 2 heterocycles. The van der Waals surface area contributed by atoms with Crippen molar-refractivity contribution in [2.45, 2.75) is 12.6 Å². The van der Waals surface area contributed by atoms with E-state index in [1.165, 1.54) is 10.9 Å². The zero-order valence-electron chi connectivity index (χ0n) is 12.5. The fraction of sp³-hybridized carbons (Fsp3) is 0.400. The molecule has 0 aliphatic carbocycles. The molecule has 2 aromatic rings. The van der Waals surface area contributed by atoms with Gasteiger partial charge in [0.2, 0.25) is 5.91 Å². The van der Waals surface area contributed by atoms with Gasteiger partial charge in [0.15, 0.2) is 0 Å². The van der Waals surface area contributed by atoms with Crippen LogP contribution in [0.4, 0.5) is 0 Å². The molecule has 1 amide bonds. The summed E-state index contributed by atoms with van der Waals surface area (Å²) in [5, 5.41) is 0.502. The Hall–Kier alpha value is -2.41. The Bertz CT molecular complexity index is 771. The average molecular weight is 303 g/mol. The Morgan fingerprint density at radius 1 is 1.41 bits per heavy atom. The van der Waals surface area contributed by atoms with Crippen molar-refractivity contribution >= 4 is 16.8 Å². The fourth-order valence-electron chi connectivity index (χ4n) is 2.48. The second-order valence-corrected chi connectivity index (χ2v) is 5.29. The first-order valence-electron chi connectivity index (χ1n) is 6.97. The van der Waals surface area contributed by atoms with E-state index in [1.807, 2.05) is 0 Å². The molecule has 1 fully saturated rings. The third-order valence-electron chi connectivity index (χ3n) is 3.78. The van der Waals surface area contributed by atoms with Crippen LogP contribution in [0.2, 0.25) is 0 Å². The summed E-state index contributed by atoms with van der Waals surface area (Å²) in [6.07, 6.45) is 1.29. The predicted molar refractivity (Wildman–Crippen MR) is 79.9 cm³/mol. The summed E-state index contributed by atoms with van der Waals surface area (Å²) in [5.41, 5.74) is 0.478. The van der Waals surface area contributed by atoms with Gasteiger partial charge < -0.3 is 14.4 Å². The Morgan fingerprint density at radius 2 is 2.23 bits per heavy atom. The Labute approximate surface area is 127 Å². The minimum absolute atomic E-state index is 0.0464. The van der Waals surface area contributed by atoms with E-state index in [0.717, 1.165) is 0 Å². The lowest BCUT2D eigenvalue weighted by molar-refractivity contribution is -0.147. The van der Waals surface area contributed by atoms with E-state index in [-0.39, 0.29) is 24.2 Å². The number of aromatic nitrogens is 2. The maximum Gasteiger partial charge on any atom is 0.261 e. The highest BCUT2D eigenvalue weighted by Gasteiger charge is 2.24. The molecule has 1 saturated heterocycles. The van der Waals surface area contributed by atoms with Gasteiger partial charge in [-0.15, -0.1) is 0 Å². The van der Waals surface area contributed by atoms with Crippen molar-refractivity contribution in [1.82, 2.24) is 14.5 Å². The van der Waals surface area contributed by atoms with Crippen molar-refractivity contribution in [3.8, 4) is 5.75 Å². The van der Waals surface area contributed by atoms with E-state index in [2.05, 4.69) is 4.98 Å². The molecule has 1 aromatic heterocycles. The topological polar surface area (TPSA) is 73.7 Å². The summed E-state index contributed by atoms with van der Waals surface area (Å²) in [6, 6.07) is 5.20.